The molecule has 0 spiro atoms. The highest BCUT2D eigenvalue weighted by atomic mass is 32.1. The van der Waals surface area contributed by atoms with E-state index >= 15 is 0 Å². The molecule has 4 aromatic rings. The number of aromatic nitrogens is 6. The Morgan fingerprint density at radius 3 is 2.71 bits per heavy atom. The van der Waals surface area contributed by atoms with E-state index in [-0.39, 0.29) is 11.5 Å². The fourth-order valence-corrected chi connectivity index (χ4v) is 4.84. The quantitative estimate of drug-likeness (QED) is 0.406. The number of piperazine rings is 1. The highest BCUT2D eigenvalue weighted by Gasteiger charge is 2.26. The maximum Gasteiger partial charge on any atom is 0.258 e. The van der Waals surface area contributed by atoms with Gasteiger partial charge >= 0.3 is 0 Å². The molecule has 0 aliphatic carbocycles. The molecule has 176 valence electrons. The summed E-state index contributed by atoms with van der Waals surface area (Å²) in [5.74, 6) is 0.909. The average Bonchev–Trinajstić information content (AvgIpc) is 3.51. The Morgan fingerprint density at radius 2 is 2.00 bits per heavy atom. The Kier molecular flexibility index (Phi) is 6.07. The van der Waals surface area contributed by atoms with Crippen LogP contribution >= 0.6 is 11.3 Å². The van der Waals surface area contributed by atoms with Gasteiger partial charge in [0, 0.05) is 56.4 Å². The van der Waals surface area contributed by atoms with Crippen LogP contribution in [0.4, 0.5) is 0 Å². The first-order chi connectivity index (χ1) is 16.6. The van der Waals surface area contributed by atoms with E-state index in [4.69, 9.17) is 4.74 Å². The number of hydrogen-bond acceptors (Lipinski definition) is 9. The highest BCUT2D eigenvalue weighted by Crippen LogP contribution is 2.18. The van der Waals surface area contributed by atoms with Crippen molar-refractivity contribution in [2.45, 2.75) is 19.9 Å². The lowest BCUT2D eigenvalue weighted by Gasteiger charge is -2.34. The van der Waals surface area contributed by atoms with Gasteiger partial charge in [0.05, 0.1) is 30.3 Å². The minimum Gasteiger partial charge on any atom is -0.480 e. The number of carbonyl (C=O) groups excluding carboxylic acids is 1. The van der Waals surface area contributed by atoms with Crippen molar-refractivity contribution in [2.24, 2.45) is 0 Å². The van der Waals surface area contributed by atoms with Crippen molar-refractivity contribution in [3.05, 3.63) is 63.3 Å². The number of nitrogens with zero attached hydrogens (tertiary/aromatic N) is 8. The first kappa shape index (κ1) is 22.2. The summed E-state index contributed by atoms with van der Waals surface area (Å²) in [4.78, 5) is 34.9. The van der Waals surface area contributed by atoms with Crippen LogP contribution in [0.1, 0.15) is 28.7 Å². The van der Waals surface area contributed by atoms with Gasteiger partial charge in [-0.1, -0.05) is 6.92 Å². The van der Waals surface area contributed by atoms with Crippen molar-refractivity contribution in [1.82, 2.24) is 39.2 Å². The Balaban J connectivity index is 1.26. The van der Waals surface area contributed by atoms with Crippen LogP contribution in [0.3, 0.4) is 0 Å². The van der Waals surface area contributed by atoms with E-state index in [0.29, 0.717) is 61.4 Å². The van der Waals surface area contributed by atoms with E-state index < -0.39 is 0 Å². The van der Waals surface area contributed by atoms with E-state index in [0.717, 1.165) is 11.4 Å². The van der Waals surface area contributed by atoms with Crippen molar-refractivity contribution in [3.63, 3.8) is 0 Å². The number of thiazole rings is 1. The van der Waals surface area contributed by atoms with Gasteiger partial charge in [-0.05, 0) is 12.5 Å². The zero-order valence-electron chi connectivity index (χ0n) is 18.9. The number of rotatable bonds is 6. The molecule has 1 fully saturated rings. The van der Waals surface area contributed by atoms with Crippen molar-refractivity contribution in [3.8, 4) is 11.7 Å². The number of carbonyl (C=O) groups is 1. The van der Waals surface area contributed by atoms with Gasteiger partial charge in [-0.2, -0.15) is 5.10 Å². The molecular weight excluding hydrogens is 456 g/mol. The largest absolute Gasteiger partial charge is 0.480 e. The van der Waals surface area contributed by atoms with E-state index in [9.17, 15) is 9.59 Å². The van der Waals surface area contributed by atoms with Crippen LogP contribution in [0, 0.1) is 0 Å². The molecule has 5 rings (SSSR count). The second-order valence-electron chi connectivity index (χ2n) is 7.91. The van der Waals surface area contributed by atoms with Crippen molar-refractivity contribution in [1.29, 1.82) is 0 Å². The molecule has 34 heavy (non-hydrogen) atoms. The fourth-order valence-electron chi connectivity index (χ4n) is 4.10. The molecule has 1 aliphatic rings. The minimum atomic E-state index is -0.0688. The third kappa shape index (κ3) is 4.17. The molecule has 0 N–H and O–H groups in total. The molecule has 5 heterocycles. The lowest BCUT2D eigenvalue weighted by Crippen LogP contribution is -2.48. The molecule has 0 atom stereocenters. The Bertz CT molecular complexity index is 1370. The SMILES string of the molecule is CCc1c(C(=O)N2CCN(Cc3cc(=O)n4ccsc4n3)CC2)cnn1-c1ccc(OC)nn1. The summed E-state index contributed by atoms with van der Waals surface area (Å²) in [5, 5.41) is 14.4. The van der Waals surface area contributed by atoms with Gasteiger partial charge in [-0.15, -0.1) is 21.5 Å². The van der Waals surface area contributed by atoms with Gasteiger partial charge in [-0.25, -0.2) is 9.67 Å². The second-order valence-corrected chi connectivity index (χ2v) is 8.79. The monoisotopic (exact) mass is 480 g/mol. The third-order valence-electron chi connectivity index (χ3n) is 5.89. The van der Waals surface area contributed by atoms with Crippen LogP contribution in [0.25, 0.3) is 10.8 Å². The van der Waals surface area contributed by atoms with Gasteiger partial charge in [-0.3, -0.25) is 18.9 Å². The van der Waals surface area contributed by atoms with Gasteiger partial charge in [0.25, 0.3) is 11.5 Å². The smallest absolute Gasteiger partial charge is 0.258 e. The Hall–Kier alpha value is -3.64. The first-order valence-electron chi connectivity index (χ1n) is 11.0. The number of amides is 1. The molecule has 1 aliphatic heterocycles. The zero-order chi connectivity index (χ0) is 23.7. The number of methoxy groups -OCH3 is 1. The number of ether oxygens (including phenoxy) is 1. The summed E-state index contributed by atoms with van der Waals surface area (Å²) in [7, 11) is 1.53. The zero-order valence-corrected chi connectivity index (χ0v) is 19.7. The molecule has 0 unspecified atom stereocenters. The van der Waals surface area contributed by atoms with Crippen LogP contribution in [0.5, 0.6) is 5.88 Å². The number of fused-ring (bicyclic) bond motifs is 1. The first-order valence-corrected chi connectivity index (χ1v) is 11.9. The lowest BCUT2D eigenvalue weighted by molar-refractivity contribution is 0.0626. The maximum atomic E-state index is 13.3. The molecule has 0 aromatic carbocycles. The molecule has 0 bridgehead atoms. The number of hydrogen-bond donors (Lipinski definition) is 0. The third-order valence-corrected chi connectivity index (χ3v) is 6.64. The van der Waals surface area contributed by atoms with Crippen LogP contribution in [-0.4, -0.2) is 78.4 Å². The van der Waals surface area contributed by atoms with Gasteiger partial charge in [0.1, 0.15) is 0 Å². The molecule has 0 radical (unpaired) electrons. The molecule has 4 aromatic heterocycles. The molecule has 12 heteroatoms. The van der Waals surface area contributed by atoms with E-state index in [1.165, 1.54) is 18.4 Å². The van der Waals surface area contributed by atoms with Crippen molar-refractivity contribution >= 4 is 22.2 Å². The van der Waals surface area contributed by atoms with E-state index in [2.05, 4.69) is 25.2 Å². The summed E-state index contributed by atoms with van der Waals surface area (Å²) in [6, 6.07) is 5.06. The summed E-state index contributed by atoms with van der Waals surface area (Å²) in [5.41, 5.74) is 2.05. The van der Waals surface area contributed by atoms with Crippen LogP contribution in [-0.2, 0) is 13.0 Å². The predicted octanol–water partition coefficient (Wildman–Crippen LogP) is 1.26. The summed E-state index contributed by atoms with van der Waals surface area (Å²) < 4.78 is 8.27. The normalized spacial score (nSPS) is 14.6. The summed E-state index contributed by atoms with van der Waals surface area (Å²) in [6.45, 7) is 5.16. The Morgan fingerprint density at radius 1 is 1.18 bits per heavy atom. The van der Waals surface area contributed by atoms with E-state index in [1.54, 1.807) is 39.7 Å². The molecule has 1 amide bonds. The minimum absolute atomic E-state index is 0.0411. The van der Waals surface area contributed by atoms with Gasteiger partial charge in [0.15, 0.2) is 10.8 Å². The van der Waals surface area contributed by atoms with Crippen LogP contribution in [0.2, 0.25) is 0 Å². The Labute approximate surface area is 199 Å². The average molecular weight is 481 g/mol. The maximum absolute atomic E-state index is 13.3. The molecule has 1 saturated heterocycles. The topological polar surface area (TPSA) is 111 Å². The predicted molar refractivity (Wildman–Crippen MR) is 126 cm³/mol. The van der Waals surface area contributed by atoms with Gasteiger partial charge in [0.2, 0.25) is 5.88 Å². The fraction of sp³-hybridized carbons (Fsp3) is 0.364. The molecule has 0 saturated carbocycles. The molecule has 11 nitrogen and oxygen atoms in total. The summed E-state index contributed by atoms with van der Waals surface area (Å²) in [6.07, 6.45) is 3.96. The highest BCUT2D eigenvalue weighted by molar-refractivity contribution is 7.15. The van der Waals surface area contributed by atoms with Crippen LogP contribution < -0.4 is 10.3 Å². The van der Waals surface area contributed by atoms with Gasteiger partial charge < -0.3 is 9.64 Å². The van der Waals surface area contributed by atoms with Crippen molar-refractivity contribution < 1.29 is 9.53 Å². The van der Waals surface area contributed by atoms with Crippen molar-refractivity contribution in [2.75, 3.05) is 33.3 Å². The lowest BCUT2D eigenvalue weighted by atomic mass is 10.1. The summed E-state index contributed by atoms with van der Waals surface area (Å²) >= 11 is 1.44. The molecular formula is C22H24N8O3S. The second kappa shape index (κ2) is 9.31. The standard InChI is InChI=1S/C22H24N8O3S/c1-3-17-16(13-23-30(17)18-4-5-19(33-2)26-25-18)21(32)28-8-6-27(7-9-28)14-15-12-20(31)29-10-11-34-22(29)24-15/h4-5,10-13H,3,6-9,14H2,1-2H3. The van der Waals surface area contributed by atoms with E-state index in [1.807, 2.05) is 17.2 Å². The van der Waals surface area contributed by atoms with Crippen LogP contribution in [0.15, 0.2) is 40.8 Å².